The van der Waals surface area contributed by atoms with Crippen molar-refractivity contribution in [1.82, 2.24) is 15.4 Å². The van der Waals surface area contributed by atoms with Crippen LogP contribution in [0.4, 0.5) is 5.82 Å². The second-order valence-corrected chi connectivity index (χ2v) is 4.93. The van der Waals surface area contributed by atoms with Crippen molar-refractivity contribution in [2.24, 2.45) is 5.10 Å². The maximum Gasteiger partial charge on any atom is 0.271 e. The Bertz CT molecular complexity index is 703. The van der Waals surface area contributed by atoms with Crippen LogP contribution in [0.15, 0.2) is 29.4 Å². The summed E-state index contributed by atoms with van der Waals surface area (Å²) in [5.41, 5.74) is 8.52. The average molecular weight is 345 g/mol. The van der Waals surface area contributed by atoms with Gasteiger partial charge in [-0.2, -0.15) is 5.10 Å². The molecule has 0 aliphatic heterocycles. The maximum absolute atomic E-state index is 11.8. The number of hydrogen-bond acceptors (Lipinski definition) is 5. The van der Waals surface area contributed by atoms with Gasteiger partial charge in [0.05, 0.1) is 6.21 Å². The van der Waals surface area contributed by atoms with E-state index < -0.39 is 5.91 Å². The molecule has 1 aromatic carbocycles. The van der Waals surface area contributed by atoms with Gasteiger partial charge in [0.25, 0.3) is 5.91 Å². The van der Waals surface area contributed by atoms with E-state index in [9.17, 15) is 4.79 Å². The van der Waals surface area contributed by atoms with Gasteiger partial charge in [0.1, 0.15) is 5.69 Å². The summed E-state index contributed by atoms with van der Waals surface area (Å²) in [5, 5.41) is 4.26. The molecule has 2 aromatic rings. The maximum atomic E-state index is 11.8. The van der Waals surface area contributed by atoms with Gasteiger partial charge in [0, 0.05) is 10.6 Å². The van der Waals surface area contributed by atoms with Gasteiger partial charge in [-0.05, 0) is 24.3 Å². The molecule has 3 N–H and O–H groups in total. The summed E-state index contributed by atoms with van der Waals surface area (Å²) in [7, 11) is 0. The molecule has 21 heavy (non-hydrogen) atoms. The van der Waals surface area contributed by atoms with Crippen molar-refractivity contribution in [1.29, 1.82) is 0 Å². The van der Waals surface area contributed by atoms with Crippen LogP contribution in [0.1, 0.15) is 16.1 Å². The molecule has 108 valence electrons. The lowest BCUT2D eigenvalue weighted by molar-refractivity contribution is 0.0955. The van der Waals surface area contributed by atoms with E-state index in [0.29, 0.717) is 10.6 Å². The van der Waals surface area contributed by atoms with Crippen LogP contribution < -0.4 is 11.2 Å². The summed E-state index contributed by atoms with van der Waals surface area (Å²) in [6, 6.07) is 6.34. The first-order chi connectivity index (χ1) is 9.97. The molecular weight excluding hydrogens is 337 g/mol. The number of carbonyl (C=O) groups excluding carboxylic acids is 1. The van der Waals surface area contributed by atoms with E-state index in [-0.39, 0.29) is 21.8 Å². The summed E-state index contributed by atoms with van der Waals surface area (Å²) >= 11 is 17.1. The highest BCUT2D eigenvalue weighted by Gasteiger charge is 2.07. The third kappa shape index (κ3) is 4.04. The molecule has 0 spiro atoms. The molecule has 0 unspecified atom stereocenters. The molecule has 0 atom stereocenters. The second kappa shape index (κ2) is 6.71. The predicted molar refractivity (Wildman–Crippen MR) is 83.0 cm³/mol. The monoisotopic (exact) mass is 343 g/mol. The number of amides is 1. The Morgan fingerprint density at radius 3 is 2.43 bits per heavy atom. The summed E-state index contributed by atoms with van der Waals surface area (Å²) in [6.07, 6.45) is 1.22. The highest BCUT2D eigenvalue weighted by atomic mass is 35.5. The number of hydrazone groups is 1. The number of nitrogens with one attached hydrogen (secondary N) is 1. The number of nitrogens with zero attached hydrogens (tertiary/aromatic N) is 3. The molecule has 6 nitrogen and oxygen atoms in total. The van der Waals surface area contributed by atoms with Gasteiger partial charge in [-0.25, -0.2) is 15.4 Å². The van der Waals surface area contributed by atoms with Crippen molar-refractivity contribution in [2.75, 3.05) is 5.73 Å². The zero-order chi connectivity index (χ0) is 15.4. The smallest absolute Gasteiger partial charge is 0.271 e. The summed E-state index contributed by atoms with van der Waals surface area (Å²) in [6.45, 7) is 0. The van der Waals surface area contributed by atoms with Gasteiger partial charge in [-0.15, -0.1) is 0 Å². The molecule has 0 aliphatic carbocycles. The van der Waals surface area contributed by atoms with Gasteiger partial charge >= 0.3 is 0 Å². The second-order valence-electron chi connectivity index (χ2n) is 3.78. The Morgan fingerprint density at radius 2 is 1.76 bits per heavy atom. The first kappa shape index (κ1) is 15.5. The Hall–Kier alpha value is -1.89. The van der Waals surface area contributed by atoms with Gasteiger partial charge in [0.2, 0.25) is 0 Å². The third-order valence-electron chi connectivity index (χ3n) is 2.33. The van der Waals surface area contributed by atoms with Gasteiger partial charge in [-0.1, -0.05) is 34.8 Å². The molecule has 0 aliphatic rings. The Morgan fingerprint density at radius 1 is 1.14 bits per heavy atom. The predicted octanol–water partition coefficient (Wildman–Crippen LogP) is 2.78. The quantitative estimate of drug-likeness (QED) is 0.661. The third-order valence-corrected chi connectivity index (χ3v) is 3.20. The van der Waals surface area contributed by atoms with E-state index in [1.807, 2.05) is 0 Å². The van der Waals surface area contributed by atoms with Crippen LogP contribution in [0.5, 0.6) is 0 Å². The normalized spacial score (nSPS) is 10.8. The Balaban J connectivity index is 2.07. The number of aromatic nitrogens is 2. The van der Waals surface area contributed by atoms with Crippen LogP contribution in [0.25, 0.3) is 0 Å². The minimum absolute atomic E-state index is 0.00323. The fraction of sp³-hybridized carbons (Fsp3) is 0. The standard InChI is InChI=1S/C12H8Cl3N5O/c13-7-3-1-6(2-4-7)12(21)20-17-5-8-11(16)19-10(15)9(14)18-8/h1-5H,(H2,16,19)(H,20,21). The van der Waals surface area contributed by atoms with E-state index in [2.05, 4.69) is 20.5 Å². The van der Waals surface area contributed by atoms with E-state index >= 15 is 0 Å². The van der Waals surface area contributed by atoms with Crippen LogP contribution in [-0.4, -0.2) is 22.1 Å². The van der Waals surface area contributed by atoms with Crippen molar-refractivity contribution in [2.45, 2.75) is 0 Å². The number of rotatable bonds is 3. The lowest BCUT2D eigenvalue weighted by Gasteiger charge is -2.02. The van der Waals surface area contributed by atoms with E-state index in [1.165, 1.54) is 6.21 Å². The molecule has 9 heteroatoms. The fourth-order valence-corrected chi connectivity index (χ4v) is 1.72. The topological polar surface area (TPSA) is 93.3 Å². The lowest BCUT2D eigenvalue weighted by Crippen LogP contribution is -2.17. The zero-order valence-corrected chi connectivity index (χ0v) is 12.6. The molecule has 1 amide bonds. The number of carbonyl (C=O) groups is 1. The minimum atomic E-state index is -0.408. The van der Waals surface area contributed by atoms with E-state index in [4.69, 9.17) is 40.5 Å². The van der Waals surface area contributed by atoms with Gasteiger partial charge in [0.15, 0.2) is 16.1 Å². The highest BCUT2D eigenvalue weighted by molar-refractivity contribution is 6.40. The summed E-state index contributed by atoms with van der Waals surface area (Å²) < 4.78 is 0. The lowest BCUT2D eigenvalue weighted by atomic mass is 10.2. The van der Waals surface area contributed by atoms with Crippen molar-refractivity contribution in [3.63, 3.8) is 0 Å². The average Bonchev–Trinajstić information content (AvgIpc) is 2.45. The van der Waals surface area contributed by atoms with Crippen molar-refractivity contribution >= 4 is 52.7 Å². The van der Waals surface area contributed by atoms with Crippen molar-refractivity contribution < 1.29 is 4.79 Å². The van der Waals surface area contributed by atoms with Crippen LogP contribution >= 0.6 is 34.8 Å². The Labute approximate surface area is 134 Å². The largest absolute Gasteiger partial charge is 0.382 e. The van der Waals surface area contributed by atoms with Crippen LogP contribution in [0.2, 0.25) is 15.3 Å². The molecule has 1 aromatic heterocycles. The van der Waals surface area contributed by atoms with Crippen LogP contribution in [0, 0.1) is 0 Å². The molecule has 0 fully saturated rings. The van der Waals surface area contributed by atoms with E-state index in [1.54, 1.807) is 24.3 Å². The minimum Gasteiger partial charge on any atom is -0.382 e. The molecule has 2 rings (SSSR count). The highest BCUT2D eigenvalue weighted by Crippen LogP contribution is 2.19. The summed E-state index contributed by atoms with van der Waals surface area (Å²) in [4.78, 5) is 19.4. The van der Waals surface area contributed by atoms with Crippen molar-refractivity contribution in [3.8, 4) is 0 Å². The summed E-state index contributed by atoms with van der Waals surface area (Å²) in [5.74, 6) is -0.358. The number of nitrogen functional groups attached to an aromatic ring is 1. The zero-order valence-electron chi connectivity index (χ0n) is 10.3. The SMILES string of the molecule is Nc1nc(Cl)c(Cl)nc1C=NNC(=O)c1ccc(Cl)cc1. The van der Waals surface area contributed by atoms with Crippen LogP contribution in [-0.2, 0) is 0 Å². The molecule has 0 saturated heterocycles. The first-order valence-electron chi connectivity index (χ1n) is 5.55. The number of nitrogens with two attached hydrogens (primary N) is 1. The van der Waals surface area contributed by atoms with Gasteiger partial charge < -0.3 is 5.73 Å². The van der Waals surface area contributed by atoms with E-state index in [0.717, 1.165) is 0 Å². The molecule has 0 saturated carbocycles. The fourth-order valence-electron chi connectivity index (χ4n) is 1.33. The molecule has 0 bridgehead atoms. The number of anilines is 1. The number of halogens is 3. The number of hydrogen-bond donors (Lipinski definition) is 2. The Kier molecular flexibility index (Phi) is 4.95. The number of benzene rings is 1. The van der Waals surface area contributed by atoms with Crippen molar-refractivity contribution in [3.05, 3.63) is 50.9 Å². The molecule has 0 radical (unpaired) electrons. The molecule has 1 heterocycles. The van der Waals surface area contributed by atoms with Crippen LogP contribution in [0.3, 0.4) is 0 Å². The molecular formula is C12H8Cl3N5O. The van der Waals surface area contributed by atoms with Gasteiger partial charge in [-0.3, -0.25) is 4.79 Å². The first-order valence-corrected chi connectivity index (χ1v) is 6.68.